The Balaban J connectivity index is 1.55. The van der Waals surface area contributed by atoms with Crippen LogP contribution in [0.1, 0.15) is 32.3 Å². The minimum Gasteiger partial charge on any atom is -0.376 e. The molecule has 0 aliphatic carbocycles. The highest BCUT2D eigenvalue weighted by Crippen LogP contribution is 2.28. The number of ether oxygens (including phenoxy) is 1. The van der Waals surface area contributed by atoms with Crippen molar-refractivity contribution >= 4 is 5.91 Å². The van der Waals surface area contributed by atoms with E-state index in [0.29, 0.717) is 13.2 Å². The highest BCUT2D eigenvalue weighted by Gasteiger charge is 2.32. The van der Waals surface area contributed by atoms with E-state index >= 15 is 0 Å². The molecular formula is C17H22N4O2. The van der Waals surface area contributed by atoms with Crippen molar-refractivity contribution in [2.24, 2.45) is 5.92 Å². The van der Waals surface area contributed by atoms with Gasteiger partial charge in [0.1, 0.15) is 12.7 Å². The second kappa shape index (κ2) is 6.50. The molecule has 1 aliphatic heterocycles. The predicted molar refractivity (Wildman–Crippen MR) is 86.0 cm³/mol. The molecule has 1 amide bonds. The van der Waals surface area contributed by atoms with Gasteiger partial charge in [0.05, 0.1) is 11.3 Å². The minimum atomic E-state index is -0.209. The van der Waals surface area contributed by atoms with Crippen molar-refractivity contribution in [2.45, 2.75) is 38.8 Å². The molecule has 1 N–H and O–H groups in total. The SMILES string of the molecule is CC1(C)C[C@H](C(=O)NCc2ccc(-n3cncn3)cc2)CCO1. The molecule has 2 heterocycles. The third kappa shape index (κ3) is 3.96. The highest BCUT2D eigenvalue weighted by atomic mass is 16.5. The average molecular weight is 314 g/mol. The van der Waals surface area contributed by atoms with Crippen molar-refractivity contribution in [2.75, 3.05) is 6.61 Å². The van der Waals surface area contributed by atoms with Gasteiger partial charge >= 0.3 is 0 Å². The van der Waals surface area contributed by atoms with Crippen LogP contribution in [0, 0.1) is 5.92 Å². The summed E-state index contributed by atoms with van der Waals surface area (Å²) >= 11 is 0. The summed E-state index contributed by atoms with van der Waals surface area (Å²) in [6, 6.07) is 7.91. The fourth-order valence-corrected chi connectivity index (χ4v) is 2.90. The summed E-state index contributed by atoms with van der Waals surface area (Å²) in [4.78, 5) is 16.3. The molecule has 0 radical (unpaired) electrons. The summed E-state index contributed by atoms with van der Waals surface area (Å²) in [6.07, 6.45) is 4.72. The van der Waals surface area contributed by atoms with Crippen LogP contribution in [-0.4, -0.2) is 32.9 Å². The van der Waals surface area contributed by atoms with E-state index < -0.39 is 0 Å². The molecule has 6 heteroatoms. The number of nitrogens with one attached hydrogen (secondary N) is 1. The molecule has 2 aromatic rings. The van der Waals surface area contributed by atoms with Crippen LogP contribution in [0.15, 0.2) is 36.9 Å². The van der Waals surface area contributed by atoms with E-state index in [1.54, 1.807) is 11.0 Å². The molecule has 6 nitrogen and oxygen atoms in total. The topological polar surface area (TPSA) is 69.0 Å². The second-order valence-electron chi connectivity index (χ2n) is 6.52. The molecule has 0 bridgehead atoms. The summed E-state index contributed by atoms with van der Waals surface area (Å²) in [5, 5.41) is 7.12. The molecule has 122 valence electrons. The van der Waals surface area contributed by atoms with Gasteiger partial charge in [-0.1, -0.05) is 12.1 Å². The summed E-state index contributed by atoms with van der Waals surface area (Å²) in [5.41, 5.74) is 1.80. The molecule has 1 aromatic heterocycles. The van der Waals surface area contributed by atoms with Crippen LogP contribution in [0.25, 0.3) is 5.69 Å². The summed E-state index contributed by atoms with van der Waals surface area (Å²) in [7, 11) is 0. The number of aromatic nitrogens is 3. The average Bonchev–Trinajstić information content (AvgIpc) is 3.06. The molecular weight excluding hydrogens is 292 g/mol. The third-order valence-corrected chi connectivity index (χ3v) is 4.15. The van der Waals surface area contributed by atoms with E-state index in [4.69, 9.17) is 4.74 Å². The number of carbonyl (C=O) groups excluding carboxylic acids is 1. The molecule has 0 spiro atoms. The number of carbonyl (C=O) groups is 1. The first-order chi connectivity index (χ1) is 11.0. The van der Waals surface area contributed by atoms with Crippen molar-refractivity contribution in [3.63, 3.8) is 0 Å². The smallest absolute Gasteiger partial charge is 0.223 e. The lowest BCUT2D eigenvalue weighted by atomic mass is 9.88. The van der Waals surface area contributed by atoms with Crippen LogP contribution >= 0.6 is 0 Å². The zero-order chi connectivity index (χ0) is 16.3. The van der Waals surface area contributed by atoms with E-state index in [2.05, 4.69) is 15.4 Å². The monoisotopic (exact) mass is 314 g/mol. The first-order valence-electron chi connectivity index (χ1n) is 7.89. The Hall–Kier alpha value is -2.21. The van der Waals surface area contributed by atoms with Crippen LogP contribution < -0.4 is 5.32 Å². The Labute approximate surface area is 135 Å². The molecule has 1 saturated heterocycles. The van der Waals surface area contributed by atoms with Crippen LogP contribution in [0.5, 0.6) is 0 Å². The largest absolute Gasteiger partial charge is 0.376 e. The van der Waals surface area contributed by atoms with Crippen LogP contribution in [0.2, 0.25) is 0 Å². The van der Waals surface area contributed by atoms with Crippen LogP contribution in [0.3, 0.4) is 0 Å². The summed E-state index contributed by atoms with van der Waals surface area (Å²) < 4.78 is 7.36. The third-order valence-electron chi connectivity index (χ3n) is 4.15. The van der Waals surface area contributed by atoms with Gasteiger partial charge in [0.2, 0.25) is 5.91 Å². The number of hydrogen-bond donors (Lipinski definition) is 1. The molecule has 23 heavy (non-hydrogen) atoms. The predicted octanol–water partition coefficient (Wildman–Crippen LogP) is 2.09. The summed E-state index contributed by atoms with van der Waals surface area (Å²) in [6.45, 7) is 5.26. The standard InChI is InChI=1S/C17H22N4O2/c1-17(2)9-14(7-8-23-17)16(22)19-10-13-3-5-15(6-4-13)21-12-18-11-20-21/h3-6,11-12,14H,7-10H2,1-2H3,(H,19,22)/t14-/m1/s1. The second-order valence-corrected chi connectivity index (χ2v) is 6.52. The number of amides is 1. The van der Waals surface area contributed by atoms with Gasteiger partial charge in [-0.2, -0.15) is 5.10 Å². The van der Waals surface area contributed by atoms with Gasteiger partial charge in [0.15, 0.2) is 0 Å². The first-order valence-corrected chi connectivity index (χ1v) is 7.89. The van der Waals surface area contributed by atoms with Gasteiger partial charge in [-0.15, -0.1) is 0 Å². The molecule has 0 saturated carbocycles. The van der Waals surface area contributed by atoms with E-state index in [1.807, 2.05) is 38.1 Å². The molecule has 1 aromatic carbocycles. The molecule has 1 fully saturated rings. The van der Waals surface area contributed by atoms with Crippen molar-refractivity contribution in [3.8, 4) is 5.69 Å². The number of hydrogen-bond acceptors (Lipinski definition) is 4. The number of rotatable bonds is 4. The lowest BCUT2D eigenvalue weighted by molar-refractivity contribution is -0.135. The highest BCUT2D eigenvalue weighted by molar-refractivity contribution is 5.78. The quantitative estimate of drug-likeness (QED) is 0.938. The molecule has 1 aliphatic rings. The van der Waals surface area contributed by atoms with E-state index in [1.165, 1.54) is 6.33 Å². The van der Waals surface area contributed by atoms with Gasteiger partial charge in [-0.3, -0.25) is 4.79 Å². The van der Waals surface area contributed by atoms with Gasteiger partial charge in [0, 0.05) is 19.1 Å². The Morgan fingerprint density at radius 2 is 2.17 bits per heavy atom. The van der Waals surface area contributed by atoms with E-state index in [9.17, 15) is 4.79 Å². The fraction of sp³-hybridized carbons (Fsp3) is 0.471. The Bertz CT molecular complexity index is 650. The Morgan fingerprint density at radius 3 is 2.83 bits per heavy atom. The zero-order valence-electron chi connectivity index (χ0n) is 13.5. The summed E-state index contributed by atoms with van der Waals surface area (Å²) in [5.74, 6) is 0.148. The van der Waals surface area contributed by atoms with Crippen molar-refractivity contribution < 1.29 is 9.53 Å². The maximum absolute atomic E-state index is 12.3. The first kappa shape index (κ1) is 15.7. The lowest BCUT2D eigenvalue weighted by Crippen LogP contribution is -2.41. The van der Waals surface area contributed by atoms with Crippen molar-refractivity contribution in [3.05, 3.63) is 42.5 Å². The van der Waals surface area contributed by atoms with Gasteiger partial charge < -0.3 is 10.1 Å². The fourth-order valence-electron chi connectivity index (χ4n) is 2.90. The maximum atomic E-state index is 12.3. The van der Waals surface area contributed by atoms with Gasteiger partial charge in [-0.25, -0.2) is 9.67 Å². The molecule has 0 unspecified atom stereocenters. The maximum Gasteiger partial charge on any atom is 0.223 e. The Morgan fingerprint density at radius 1 is 1.39 bits per heavy atom. The molecule has 3 rings (SSSR count). The molecule has 1 atom stereocenters. The minimum absolute atomic E-state index is 0.0353. The van der Waals surface area contributed by atoms with E-state index in [-0.39, 0.29) is 17.4 Å². The number of nitrogens with zero attached hydrogens (tertiary/aromatic N) is 3. The van der Waals surface area contributed by atoms with Crippen molar-refractivity contribution in [1.29, 1.82) is 0 Å². The Kier molecular flexibility index (Phi) is 4.43. The van der Waals surface area contributed by atoms with Crippen LogP contribution in [-0.2, 0) is 16.1 Å². The number of benzene rings is 1. The van der Waals surface area contributed by atoms with Crippen molar-refractivity contribution in [1.82, 2.24) is 20.1 Å². The lowest BCUT2D eigenvalue weighted by Gasteiger charge is -2.34. The van der Waals surface area contributed by atoms with E-state index in [0.717, 1.165) is 24.1 Å². The zero-order valence-corrected chi connectivity index (χ0v) is 13.5. The van der Waals surface area contributed by atoms with Gasteiger partial charge in [-0.05, 0) is 44.4 Å². The van der Waals surface area contributed by atoms with Crippen LogP contribution in [0.4, 0.5) is 0 Å². The normalized spacial score (nSPS) is 20.2. The van der Waals surface area contributed by atoms with Gasteiger partial charge in [0.25, 0.3) is 0 Å².